The molecule has 0 saturated carbocycles. The van der Waals surface area contributed by atoms with Gasteiger partial charge in [-0.15, -0.1) is 0 Å². The molecule has 8 heteroatoms. The number of hydrogen-bond donors (Lipinski definition) is 1. The summed E-state index contributed by atoms with van der Waals surface area (Å²) in [6.07, 6.45) is 0. The topological polar surface area (TPSA) is 128 Å². The number of methoxy groups -OCH3 is 2. The number of carboxylic acids is 2. The van der Waals surface area contributed by atoms with Gasteiger partial charge in [0.05, 0.1) is 31.8 Å². The minimum atomic E-state index is -1.69. The molecule has 8 nitrogen and oxygen atoms in total. The zero-order chi connectivity index (χ0) is 18.6. The summed E-state index contributed by atoms with van der Waals surface area (Å²) in [5.74, 6) is -3.22. The average molecular weight is 343 g/mol. The maximum atomic E-state index is 12.4. The molecule has 0 aliphatic carbocycles. The predicted octanol–water partition coefficient (Wildman–Crippen LogP) is -0.317. The van der Waals surface area contributed by atoms with E-state index < -0.39 is 23.4 Å². The highest BCUT2D eigenvalue weighted by Crippen LogP contribution is 2.29. The summed E-state index contributed by atoms with van der Waals surface area (Å²) in [5.41, 5.74) is -0.922. The minimum Gasteiger partial charge on any atom is -0.545 e. The lowest BCUT2D eigenvalue weighted by molar-refractivity contribution is -0.255. The van der Waals surface area contributed by atoms with Crippen molar-refractivity contribution in [1.29, 1.82) is 0 Å². The van der Waals surface area contributed by atoms with Crippen molar-refractivity contribution in [3.05, 3.63) is 53.1 Å². The molecule has 1 N–H and O–H groups in total. The number of hydrogen-bond acceptors (Lipinski definition) is 7. The van der Waals surface area contributed by atoms with Crippen LogP contribution in [-0.2, 0) is 0 Å². The largest absolute Gasteiger partial charge is 0.545 e. The van der Waals surface area contributed by atoms with Crippen LogP contribution in [0.4, 0.5) is 5.69 Å². The quantitative estimate of drug-likeness (QED) is 0.761. The van der Waals surface area contributed by atoms with Gasteiger partial charge in [-0.1, -0.05) is 6.07 Å². The van der Waals surface area contributed by atoms with E-state index in [2.05, 4.69) is 5.32 Å². The number of benzene rings is 2. The van der Waals surface area contributed by atoms with E-state index in [1.54, 1.807) is 6.07 Å². The van der Waals surface area contributed by atoms with Crippen LogP contribution in [0.5, 0.6) is 11.5 Å². The van der Waals surface area contributed by atoms with Crippen molar-refractivity contribution >= 4 is 23.5 Å². The first-order valence-electron chi connectivity index (χ1n) is 6.97. The molecule has 2 aromatic rings. The summed E-state index contributed by atoms with van der Waals surface area (Å²) in [5, 5.41) is 24.6. The lowest BCUT2D eigenvalue weighted by atomic mass is 10.0. The lowest BCUT2D eigenvalue weighted by Crippen LogP contribution is -2.28. The molecule has 0 fully saturated rings. The van der Waals surface area contributed by atoms with Crippen molar-refractivity contribution in [3.8, 4) is 11.5 Å². The van der Waals surface area contributed by atoms with Crippen molar-refractivity contribution in [2.75, 3.05) is 19.5 Å². The van der Waals surface area contributed by atoms with Crippen LogP contribution in [0.3, 0.4) is 0 Å². The van der Waals surface area contributed by atoms with Crippen LogP contribution in [0, 0.1) is 0 Å². The molecule has 0 radical (unpaired) electrons. The molecule has 130 valence electrons. The summed E-state index contributed by atoms with van der Waals surface area (Å²) < 4.78 is 10.2. The van der Waals surface area contributed by atoms with E-state index in [-0.39, 0.29) is 16.8 Å². The number of aromatic carboxylic acids is 2. The van der Waals surface area contributed by atoms with Crippen LogP contribution >= 0.6 is 0 Å². The molecule has 25 heavy (non-hydrogen) atoms. The molecule has 1 amide bonds. The van der Waals surface area contributed by atoms with E-state index in [4.69, 9.17) is 9.47 Å². The molecule has 0 atom stereocenters. The number of amides is 1. The Morgan fingerprint density at radius 1 is 0.880 bits per heavy atom. The molecule has 0 aliphatic rings. The standard InChI is InChI=1S/C17H15NO7/c1-24-10-4-6-13(14(8-10)25-2)18-15(19)11-5-3-9(16(20)21)7-12(11)17(22)23/h3-8H,1-2H3,(H,18,19)(H,20,21)(H,22,23)/p-2. The maximum absolute atomic E-state index is 12.4. The normalized spacial score (nSPS) is 10.0. The van der Waals surface area contributed by atoms with E-state index in [1.807, 2.05) is 0 Å². The fourth-order valence-corrected chi connectivity index (χ4v) is 2.13. The molecule has 2 aromatic carbocycles. The Hall–Kier alpha value is -3.55. The maximum Gasteiger partial charge on any atom is 0.256 e. The van der Waals surface area contributed by atoms with Crippen molar-refractivity contribution in [2.45, 2.75) is 0 Å². The lowest BCUT2D eigenvalue weighted by Gasteiger charge is -2.15. The van der Waals surface area contributed by atoms with E-state index >= 15 is 0 Å². The number of ether oxygens (including phenoxy) is 2. The highest BCUT2D eigenvalue weighted by atomic mass is 16.5. The Balaban J connectivity index is 2.38. The van der Waals surface area contributed by atoms with Gasteiger partial charge in [-0.2, -0.15) is 0 Å². The number of carbonyl (C=O) groups excluding carboxylic acids is 3. The van der Waals surface area contributed by atoms with E-state index in [0.29, 0.717) is 11.5 Å². The fraction of sp³-hybridized carbons (Fsp3) is 0.118. The van der Waals surface area contributed by atoms with Crippen molar-refractivity contribution in [2.24, 2.45) is 0 Å². The zero-order valence-electron chi connectivity index (χ0n) is 13.3. The third kappa shape index (κ3) is 3.86. The van der Waals surface area contributed by atoms with Crippen LogP contribution in [0.25, 0.3) is 0 Å². The second-order valence-electron chi connectivity index (χ2n) is 4.86. The molecule has 0 aliphatic heterocycles. The highest BCUT2D eigenvalue weighted by molar-refractivity contribution is 6.11. The Morgan fingerprint density at radius 3 is 2.16 bits per heavy atom. The van der Waals surface area contributed by atoms with Gasteiger partial charge in [0.1, 0.15) is 11.5 Å². The van der Waals surface area contributed by atoms with Crippen molar-refractivity contribution in [1.82, 2.24) is 0 Å². The van der Waals surface area contributed by atoms with Gasteiger partial charge < -0.3 is 34.6 Å². The van der Waals surface area contributed by atoms with E-state index in [1.165, 1.54) is 26.4 Å². The van der Waals surface area contributed by atoms with E-state index in [0.717, 1.165) is 18.2 Å². The van der Waals surface area contributed by atoms with Crippen molar-refractivity contribution in [3.63, 3.8) is 0 Å². The van der Waals surface area contributed by atoms with Crippen LogP contribution in [0.2, 0.25) is 0 Å². The van der Waals surface area contributed by atoms with Gasteiger partial charge >= 0.3 is 0 Å². The summed E-state index contributed by atoms with van der Waals surface area (Å²) in [6, 6.07) is 7.59. The number of carboxylic acid groups (broad SMARTS) is 2. The Labute approximate surface area is 142 Å². The molecule has 0 aromatic heterocycles. The second-order valence-corrected chi connectivity index (χ2v) is 4.86. The molecular formula is C17H13NO7-2. The van der Waals surface area contributed by atoms with Crippen LogP contribution in [-0.4, -0.2) is 32.1 Å². The van der Waals surface area contributed by atoms with Crippen LogP contribution < -0.4 is 25.0 Å². The third-order valence-corrected chi connectivity index (χ3v) is 3.38. The summed E-state index contributed by atoms with van der Waals surface area (Å²) >= 11 is 0. The first kappa shape index (κ1) is 17.8. The Morgan fingerprint density at radius 2 is 1.60 bits per heavy atom. The number of nitrogens with one attached hydrogen (secondary N) is 1. The van der Waals surface area contributed by atoms with E-state index in [9.17, 15) is 24.6 Å². The fourth-order valence-electron chi connectivity index (χ4n) is 2.13. The monoisotopic (exact) mass is 343 g/mol. The number of carbonyl (C=O) groups is 3. The molecule has 0 heterocycles. The average Bonchev–Trinajstić information content (AvgIpc) is 2.61. The second kappa shape index (κ2) is 7.35. The minimum absolute atomic E-state index is 0.261. The Bertz CT molecular complexity index is 845. The summed E-state index contributed by atoms with van der Waals surface area (Å²) in [7, 11) is 2.86. The molecule has 0 saturated heterocycles. The summed E-state index contributed by atoms with van der Waals surface area (Å²) in [4.78, 5) is 34.4. The highest BCUT2D eigenvalue weighted by Gasteiger charge is 2.16. The smallest absolute Gasteiger partial charge is 0.256 e. The van der Waals surface area contributed by atoms with Gasteiger partial charge in [0.25, 0.3) is 5.91 Å². The van der Waals surface area contributed by atoms with Gasteiger partial charge in [-0.25, -0.2) is 0 Å². The zero-order valence-corrected chi connectivity index (χ0v) is 13.3. The first-order valence-corrected chi connectivity index (χ1v) is 6.97. The predicted molar refractivity (Wildman–Crippen MR) is 82.6 cm³/mol. The number of anilines is 1. The van der Waals surface area contributed by atoms with Gasteiger partial charge in [0, 0.05) is 17.2 Å². The van der Waals surface area contributed by atoms with Crippen LogP contribution in [0.1, 0.15) is 31.1 Å². The first-order chi connectivity index (χ1) is 11.9. The van der Waals surface area contributed by atoms with Crippen molar-refractivity contribution < 1.29 is 34.1 Å². The summed E-state index contributed by atoms with van der Waals surface area (Å²) in [6.45, 7) is 0. The van der Waals surface area contributed by atoms with Gasteiger partial charge in [0.15, 0.2) is 0 Å². The molecule has 0 spiro atoms. The van der Waals surface area contributed by atoms with Gasteiger partial charge in [-0.05, 0) is 29.8 Å². The Kier molecular flexibility index (Phi) is 5.23. The van der Waals surface area contributed by atoms with Gasteiger partial charge in [0.2, 0.25) is 0 Å². The third-order valence-electron chi connectivity index (χ3n) is 3.38. The number of rotatable bonds is 6. The molecule has 2 rings (SSSR count). The van der Waals surface area contributed by atoms with Crippen LogP contribution in [0.15, 0.2) is 36.4 Å². The molecule has 0 unspecified atom stereocenters. The molecule has 0 bridgehead atoms. The SMILES string of the molecule is COc1ccc(NC(=O)c2ccc(C(=O)[O-])cc2C(=O)[O-])c(OC)c1. The molecular weight excluding hydrogens is 330 g/mol. The van der Waals surface area contributed by atoms with Gasteiger partial charge in [-0.3, -0.25) is 4.79 Å².